The Morgan fingerprint density at radius 1 is 1.44 bits per heavy atom. The number of hydrogen-bond acceptors (Lipinski definition) is 3. The number of nitrogens with two attached hydrogens (primary N) is 1. The van der Waals surface area contributed by atoms with Gasteiger partial charge in [-0.25, -0.2) is 4.39 Å². The largest absolute Gasteiger partial charge is 0.375 e. The molecule has 0 aliphatic heterocycles. The predicted octanol–water partition coefficient (Wildman–Crippen LogP) is 1.37. The molecule has 18 heavy (non-hydrogen) atoms. The summed E-state index contributed by atoms with van der Waals surface area (Å²) >= 11 is 0. The molecule has 2 unspecified atom stereocenters. The quantitative estimate of drug-likeness (QED) is 0.805. The van der Waals surface area contributed by atoms with E-state index in [-0.39, 0.29) is 30.3 Å². The standard InChI is InChI=1S/C13H19FN2O2/c1-9(15)7-13(17)16-8-12(18-2)10-3-5-11(14)6-4-10/h3-6,9,12H,7-8,15H2,1-2H3,(H,16,17). The van der Waals surface area contributed by atoms with Gasteiger partial charge >= 0.3 is 0 Å². The Morgan fingerprint density at radius 3 is 2.56 bits per heavy atom. The Bertz CT molecular complexity index is 379. The molecule has 0 fully saturated rings. The van der Waals surface area contributed by atoms with Crippen LogP contribution in [-0.4, -0.2) is 25.6 Å². The summed E-state index contributed by atoms with van der Waals surface area (Å²) in [6.45, 7) is 2.11. The highest BCUT2D eigenvalue weighted by Crippen LogP contribution is 2.16. The number of benzene rings is 1. The van der Waals surface area contributed by atoms with E-state index in [1.807, 2.05) is 0 Å². The number of carbonyl (C=O) groups excluding carboxylic acids is 1. The maximum absolute atomic E-state index is 12.8. The van der Waals surface area contributed by atoms with E-state index < -0.39 is 0 Å². The van der Waals surface area contributed by atoms with E-state index in [0.717, 1.165) is 5.56 Å². The fourth-order valence-electron chi connectivity index (χ4n) is 1.59. The van der Waals surface area contributed by atoms with Gasteiger partial charge in [0, 0.05) is 26.1 Å². The van der Waals surface area contributed by atoms with E-state index in [4.69, 9.17) is 10.5 Å². The molecule has 1 amide bonds. The summed E-state index contributed by atoms with van der Waals surface area (Å²) in [6, 6.07) is 5.84. The number of methoxy groups -OCH3 is 1. The van der Waals surface area contributed by atoms with E-state index in [9.17, 15) is 9.18 Å². The zero-order valence-electron chi connectivity index (χ0n) is 10.7. The Hall–Kier alpha value is -1.46. The summed E-state index contributed by atoms with van der Waals surface area (Å²) in [6.07, 6.45) is -0.0116. The lowest BCUT2D eigenvalue weighted by Gasteiger charge is -2.17. The number of rotatable bonds is 6. The van der Waals surface area contributed by atoms with Crippen LogP contribution < -0.4 is 11.1 Å². The van der Waals surface area contributed by atoms with Crippen LogP contribution in [0.3, 0.4) is 0 Å². The van der Waals surface area contributed by atoms with Crippen molar-refractivity contribution < 1.29 is 13.9 Å². The van der Waals surface area contributed by atoms with Gasteiger partial charge in [-0.2, -0.15) is 0 Å². The van der Waals surface area contributed by atoms with Gasteiger partial charge in [0.25, 0.3) is 0 Å². The lowest BCUT2D eigenvalue weighted by atomic mass is 10.1. The van der Waals surface area contributed by atoms with Crippen molar-refractivity contribution >= 4 is 5.91 Å². The van der Waals surface area contributed by atoms with Crippen molar-refractivity contribution in [1.82, 2.24) is 5.32 Å². The molecule has 0 bridgehead atoms. The second-order valence-corrected chi connectivity index (χ2v) is 4.26. The fourth-order valence-corrected chi connectivity index (χ4v) is 1.59. The molecule has 4 nitrogen and oxygen atoms in total. The summed E-state index contributed by atoms with van der Waals surface area (Å²) in [5, 5.41) is 2.74. The summed E-state index contributed by atoms with van der Waals surface area (Å²) in [5.74, 6) is -0.413. The first kappa shape index (κ1) is 14.6. The van der Waals surface area contributed by atoms with Gasteiger partial charge in [-0.3, -0.25) is 4.79 Å². The predicted molar refractivity (Wildman–Crippen MR) is 67.4 cm³/mol. The van der Waals surface area contributed by atoms with Crippen LogP contribution in [0.1, 0.15) is 25.0 Å². The minimum absolute atomic E-state index is 0.117. The number of hydrogen-bond donors (Lipinski definition) is 2. The van der Waals surface area contributed by atoms with Crippen LogP contribution in [0.15, 0.2) is 24.3 Å². The lowest BCUT2D eigenvalue weighted by Crippen LogP contribution is -2.33. The highest BCUT2D eigenvalue weighted by atomic mass is 19.1. The maximum atomic E-state index is 12.8. The molecular weight excluding hydrogens is 235 g/mol. The van der Waals surface area contributed by atoms with Crippen molar-refractivity contribution in [3.63, 3.8) is 0 Å². The molecule has 3 N–H and O–H groups in total. The topological polar surface area (TPSA) is 64.3 Å². The molecule has 0 radical (unpaired) electrons. The van der Waals surface area contributed by atoms with Gasteiger partial charge in [-0.15, -0.1) is 0 Å². The molecular formula is C13H19FN2O2. The second kappa shape index (κ2) is 7.08. The first-order chi connectivity index (χ1) is 8.52. The van der Waals surface area contributed by atoms with Crippen LogP contribution in [0.2, 0.25) is 0 Å². The average molecular weight is 254 g/mol. The van der Waals surface area contributed by atoms with Gasteiger partial charge in [-0.1, -0.05) is 12.1 Å². The SMILES string of the molecule is COC(CNC(=O)CC(C)N)c1ccc(F)cc1. The van der Waals surface area contributed by atoms with Crippen molar-refractivity contribution in [2.45, 2.75) is 25.5 Å². The third-order valence-electron chi connectivity index (χ3n) is 2.52. The molecule has 1 aromatic carbocycles. The summed E-state index contributed by atoms with van der Waals surface area (Å²) in [5.41, 5.74) is 6.35. The van der Waals surface area contributed by atoms with Crippen molar-refractivity contribution in [3.8, 4) is 0 Å². The first-order valence-electron chi connectivity index (χ1n) is 5.83. The van der Waals surface area contributed by atoms with Gasteiger partial charge in [0.2, 0.25) is 5.91 Å². The minimum atomic E-state index is -0.297. The lowest BCUT2D eigenvalue weighted by molar-refractivity contribution is -0.121. The van der Waals surface area contributed by atoms with Gasteiger partial charge in [-0.05, 0) is 24.6 Å². The van der Waals surface area contributed by atoms with Gasteiger partial charge in [0.05, 0.1) is 6.10 Å². The molecule has 0 heterocycles. The molecule has 5 heteroatoms. The number of nitrogens with one attached hydrogen (secondary N) is 1. The molecule has 1 aromatic rings. The van der Waals surface area contributed by atoms with Gasteiger partial charge < -0.3 is 15.8 Å². The summed E-state index contributed by atoms with van der Waals surface area (Å²) in [7, 11) is 1.55. The molecule has 0 saturated heterocycles. The van der Waals surface area contributed by atoms with Crippen LogP contribution in [0, 0.1) is 5.82 Å². The van der Waals surface area contributed by atoms with E-state index >= 15 is 0 Å². The number of amides is 1. The number of ether oxygens (including phenoxy) is 1. The molecule has 100 valence electrons. The highest BCUT2D eigenvalue weighted by Gasteiger charge is 2.12. The zero-order chi connectivity index (χ0) is 13.5. The third-order valence-corrected chi connectivity index (χ3v) is 2.52. The normalized spacial score (nSPS) is 14.0. The Kier molecular flexibility index (Phi) is 5.74. The fraction of sp³-hybridized carbons (Fsp3) is 0.462. The van der Waals surface area contributed by atoms with E-state index in [0.29, 0.717) is 6.54 Å². The molecule has 0 aromatic heterocycles. The zero-order valence-corrected chi connectivity index (χ0v) is 10.7. The van der Waals surface area contributed by atoms with Crippen LogP contribution in [0.5, 0.6) is 0 Å². The van der Waals surface area contributed by atoms with Crippen molar-refractivity contribution in [1.29, 1.82) is 0 Å². The monoisotopic (exact) mass is 254 g/mol. The molecule has 0 aliphatic rings. The van der Waals surface area contributed by atoms with Crippen molar-refractivity contribution in [3.05, 3.63) is 35.6 Å². The maximum Gasteiger partial charge on any atom is 0.221 e. The average Bonchev–Trinajstić information content (AvgIpc) is 2.31. The molecule has 1 rings (SSSR count). The summed E-state index contributed by atoms with van der Waals surface area (Å²) in [4.78, 5) is 11.5. The Labute approximate surface area is 106 Å². The second-order valence-electron chi connectivity index (χ2n) is 4.26. The van der Waals surface area contributed by atoms with Gasteiger partial charge in [0.15, 0.2) is 0 Å². The third kappa shape index (κ3) is 4.81. The Balaban J connectivity index is 2.52. The van der Waals surface area contributed by atoms with Gasteiger partial charge in [0.1, 0.15) is 5.82 Å². The number of carbonyl (C=O) groups is 1. The first-order valence-corrected chi connectivity index (χ1v) is 5.83. The van der Waals surface area contributed by atoms with E-state index in [1.54, 1.807) is 26.2 Å². The number of halogens is 1. The van der Waals surface area contributed by atoms with Crippen LogP contribution in [0.4, 0.5) is 4.39 Å². The van der Waals surface area contributed by atoms with Crippen LogP contribution in [0.25, 0.3) is 0 Å². The summed E-state index contributed by atoms with van der Waals surface area (Å²) < 4.78 is 18.1. The molecule has 0 aliphatic carbocycles. The molecule has 2 atom stereocenters. The van der Waals surface area contributed by atoms with Crippen LogP contribution in [-0.2, 0) is 9.53 Å². The van der Waals surface area contributed by atoms with Crippen molar-refractivity contribution in [2.24, 2.45) is 5.73 Å². The minimum Gasteiger partial charge on any atom is -0.375 e. The van der Waals surface area contributed by atoms with Crippen LogP contribution >= 0.6 is 0 Å². The molecule has 0 saturated carbocycles. The smallest absolute Gasteiger partial charge is 0.221 e. The van der Waals surface area contributed by atoms with E-state index in [2.05, 4.69) is 5.32 Å². The molecule has 0 spiro atoms. The van der Waals surface area contributed by atoms with Crippen molar-refractivity contribution in [2.75, 3.05) is 13.7 Å². The Morgan fingerprint density at radius 2 is 2.06 bits per heavy atom. The van der Waals surface area contributed by atoms with E-state index in [1.165, 1.54) is 12.1 Å². The highest BCUT2D eigenvalue weighted by molar-refractivity contribution is 5.76.